The van der Waals surface area contributed by atoms with E-state index in [0.717, 1.165) is 70.9 Å². The summed E-state index contributed by atoms with van der Waals surface area (Å²) >= 11 is 0. The van der Waals surface area contributed by atoms with E-state index >= 15 is 0 Å². The van der Waals surface area contributed by atoms with Crippen molar-refractivity contribution in [3.63, 3.8) is 0 Å². The van der Waals surface area contributed by atoms with E-state index in [1.54, 1.807) is 7.11 Å². The number of carbonyl (C=O) groups excluding carboxylic acids is 1. The molecule has 0 spiro atoms. The number of para-hydroxylation sites is 1. The van der Waals surface area contributed by atoms with Crippen LogP contribution in [0.1, 0.15) is 31.2 Å². The van der Waals surface area contributed by atoms with Gasteiger partial charge in [-0.15, -0.1) is 0 Å². The molecule has 1 atom stereocenters. The highest BCUT2D eigenvalue weighted by atomic mass is 16.5. The highest BCUT2D eigenvalue weighted by Crippen LogP contribution is 2.25. The molecule has 2 aliphatic heterocycles. The highest BCUT2D eigenvalue weighted by molar-refractivity contribution is 5.79. The number of likely N-dealkylation sites (N-methyl/N-ethyl adjacent to an activating group) is 1. The number of hydrogen-bond donors (Lipinski definition) is 0. The normalized spacial score (nSPS) is 21.4. The summed E-state index contributed by atoms with van der Waals surface area (Å²) in [5, 5.41) is 0. The zero-order chi connectivity index (χ0) is 22.2. The molecule has 1 amide bonds. The van der Waals surface area contributed by atoms with Crippen molar-refractivity contribution < 1.29 is 9.53 Å². The number of methoxy groups -OCH3 is 1. The van der Waals surface area contributed by atoms with Crippen LogP contribution in [0.4, 0.5) is 0 Å². The van der Waals surface area contributed by atoms with Gasteiger partial charge < -0.3 is 19.4 Å². The van der Waals surface area contributed by atoms with Crippen molar-refractivity contribution in [2.45, 2.75) is 32.2 Å². The van der Waals surface area contributed by atoms with Crippen LogP contribution < -0.4 is 4.74 Å². The minimum atomic E-state index is 0.201. The second-order valence-electron chi connectivity index (χ2n) is 9.72. The standard InChI is InChI=1S/C25H42N4O2/c1-26(2)16-17-29(25(30)22-11-14-27(3)15-12-22)19-21-8-7-13-28(18-21)20-23-9-5-6-10-24(23)31-4/h5-6,9-10,21-22H,7-8,11-20H2,1-4H3/t21-/m1/s1. The van der Waals surface area contributed by atoms with E-state index in [0.29, 0.717) is 11.8 Å². The second-order valence-corrected chi connectivity index (χ2v) is 9.72. The summed E-state index contributed by atoms with van der Waals surface area (Å²) in [6, 6.07) is 8.32. The molecule has 0 N–H and O–H groups in total. The smallest absolute Gasteiger partial charge is 0.225 e. The third-order valence-corrected chi connectivity index (χ3v) is 6.86. The fourth-order valence-electron chi connectivity index (χ4n) is 4.96. The summed E-state index contributed by atoms with van der Waals surface area (Å²) in [6.07, 6.45) is 4.40. The third-order valence-electron chi connectivity index (χ3n) is 6.86. The Morgan fingerprint density at radius 1 is 1.10 bits per heavy atom. The predicted octanol–water partition coefficient (Wildman–Crippen LogP) is 2.64. The maximum absolute atomic E-state index is 13.4. The Morgan fingerprint density at radius 2 is 1.84 bits per heavy atom. The minimum Gasteiger partial charge on any atom is -0.496 e. The van der Waals surface area contributed by atoms with E-state index in [1.807, 2.05) is 12.1 Å². The quantitative estimate of drug-likeness (QED) is 0.602. The maximum atomic E-state index is 13.4. The molecule has 1 aromatic carbocycles. The van der Waals surface area contributed by atoms with E-state index in [9.17, 15) is 4.79 Å². The topological polar surface area (TPSA) is 39.3 Å². The Hall–Kier alpha value is -1.63. The van der Waals surface area contributed by atoms with Crippen molar-refractivity contribution >= 4 is 5.91 Å². The molecule has 0 radical (unpaired) electrons. The lowest BCUT2D eigenvalue weighted by atomic mass is 9.93. The molecule has 174 valence electrons. The molecule has 1 aromatic rings. The van der Waals surface area contributed by atoms with Crippen LogP contribution in [-0.4, -0.2) is 99.6 Å². The number of rotatable bonds is 9. The van der Waals surface area contributed by atoms with Crippen molar-refractivity contribution in [3.05, 3.63) is 29.8 Å². The van der Waals surface area contributed by atoms with Crippen molar-refractivity contribution in [1.82, 2.24) is 19.6 Å². The molecular formula is C25H42N4O2. The number of ether oxygens (including phenoxy) is 1. The Bertz CT molecular complexity index is 688. The zero-order valence-electron chi connectivity index (χ0n) is 20.1. The molecule has 6 heteroatoms. The number of piperidine rings is 2. The third kappa shape index (κ3) is 7.19. The van der Waals surface area contributed by atoms with Crippen LogP contribution in [-0.2, 0) is 11.3 Å². The van der Waals surface area contributed by atoms with Gasteiger partial charge in [-0.2, -0.15) is 0 Å². The SMILES string of the molecule is COc1ccccc1CN1CCC[C@@H](CN(CCN(C)C)C(=O)C2CCN(C)CC2)C1. The Labute approximate surface area is 189 Å². The summed E-state index contributed by atoms with van der Waals surface area (Å²) in [6.45, 7) is 7.81. The minimum absolute atomic E-state index is 0.201. The van der Waals surface area contributed by atoms with Gasteiger partial charge in [0, 0.05) is 44.2 Å². The summed E-state index contributed by atoms with van der Waals surface area (Å²) < 4.78 is 5.55. The van der Waals surface area contributed by atoms with Crippen molar-refractivity contribution in [3.8, 4) is 5.75 Å². The molecule has 3 rings (SSSR count). The lowest BCUT2D eigenvalue weighted by molar-refractivity contribution is -0.138. The molecule has 0 unspecified atom stereocenters. The summed E-state index contributed by atoms with van der Waals surface area (Å²) in [4.78, 5) is 22.7. The van der Waals surface area contributed by atoms with Gasteiger partial charge in [0.05, 0.1) is 7.11 Å². The first-order valence-corrected chi connectivity index (χ1v) is 11.9. The average molecular weight is 431 g/mol. The highest BCUT2D eigenvalue weighted by Gasteiger charge is 2.30. The van der Waals surface area contributed by atoms with Crippen LogP contribution in [0, 0.1) is 11.8 Å². The summed E-state index contributed by atoms with van der Waals surface area (Å²) in [7, 11) is 8.08. The Morgan fingerprint density at radius 3 is 2.55 bits per heavy atom. The molecule has 6 nitrogen and oxygen atoms in total. The van der Waals surface area contributed by atoms with E-state index in [4.69, 9.17) is 4.74 Å². The molecule has 2 heterocycles. The van der Waals surface area contributed by atoms with Crippen LogP contribution in [0.3, 0.4) is 0 Å². The summed E-state index contributed by atoms with van der Waals surface area (Å²) in [5.41, 5.74) is 1.25. The van der Waals surface area contributed by atoms with Crippen molar-refractivity contribution in [2.75, 3.05) is 74.1 Å². The largest absolute Gasteiger partial charge is 0.496 e. The van der Waals surface area contributed by atoms with E-state index in [1.165, 1.54) is 18.4 Å². The van der Waals surface area contributed by atoms with Gasteiger partial charge in [-0.25, -0.2) is 0 Å². The second kappa shape index (κ2) is 11.8. The van der Waals surface area contributed by atoms with Gasteiger partial charge in [-0.05, 0) is 78.4 Å². The number of nitrogens with zero attached hydrogens (tertiary/aromatic N) is 4. The average Bonchev–Trinajstić information content (AvgIpc) is 2.77. The summed E-state index contributed by atoms with van der Waals surface area (Å²) in [5.74, 6) is 2.10. The van der Waals surface area contributed by atoms with E-state index in [-0.39, 0.29) is 5.92 Å². The fourth-order valence-corrected chi connectivity index (χ4v) is 4.96. The maximum Gasteiger partial charge on any atom is 0.225 e. The Balaban J connectivity index is 1.60. The predicted molar refractivity (Wildman–Crippen MR) is 126 cm³/mol. The van der Waals surface area contributed by atoms with Gasteiger partial charge in [0.1, 0.15) is 5.75 Å². The number of likely N-dealkylation sites (tertiary alicyclic amines) is 2. The monoisotopic (exact) mass is 430 g/mol. The van der Waals surface area contributed by atoms with Gasteiger partial charge in [0.2, 0.25) is 5.91 Å². The van der Waals surface area contributed by atoms with E-state index < -0.39 is 0 Å². The van der Waals surface area contributed by atoms with Crippen LogP contribution in [0.25, 0.3) is 0 Å². The van der Waals surface area contributed by atoms with Crippen LogP contribution >= 0.6 is 0 Å². The number of hydrogen-bond acceptors (Lipinski definition) is 5. The molecule has 0 aliphatic carbocycles. The van der Waals surface area contributed by atoms with Gasteiger partial charge in [0.15, 0.2) is 0 Å². The van der Waals surface area contributed by atoms with Crippen LogP contribution in [0.5, 0.6) is 5.75 Å². The van der Waals surface area contributed by atoms with Crippen molar-refractivity contribution in [2.24, 2.45) is 11.8 Å². The number of amides is 1. The van der Waals surface area contributed by atoms with Gasteiger partial charge in [0.25, 0.3) is 0 Å². The van der Waals surface area contributed by atoms with Crippen molar-refractivity contribution in [1.29, 1.82) is 0 Å². The van der Waals surface area contributed by atoms with Gasteiger partial charge in [-0.3, -0.25) is 9.69 Å². The molecule has 31 heavy (non-hydrogen) atoms. The lowest BCUT2D eigenvalue weighted by Crippen LogP contribution is -2.48. The molecule has 0 bridgehead atoms. The lowest BCUT2D eigenvalue weighted by Gasteiger charge is -2.38. The number of benzene rings is 1. The van der Waals surface area contributed by atoms with Gasteiger partial charge in [-0.1, -0.05) is 18.2 Å². The molecule has 2 fully saturated rings. The molecule has 2 aliphatic rings. The molecule has 0 saturated carbocycles. The fraction of sp³-hybridized carbons (Fsp3) is 0.720. The van der Waals surface area contributed by atoms with Crippen LogP contribution in [0.2, 0.25) is 0 Å². The van der Waals surface area contributed by atoms with Crippen LogP contribution in [0.15, 0.2) is 24.3 Å². The first-order chi connectivity index (χ1) is 15.0. The zero-order valence-corrected chi connectivity index (χ0v) is 20.1. The van der Waals surface area contributed by atoms with Gasteiger partial charge >= 0.3 is 0 Å². The molecule has 2 saturated heterocycles. The first kappa shape index (κ1) is 24.0. The van der Waals surface area contributed by atoms with E-state index in [2.05, 4.69) is 52.9 Å². The molecule has 0 aromatic heterocycles. The molecular weight excluding hydrogens is 388 g/mol. The number of carbonyl (C=O) groups is 1. The Kier molecular flexibility index (Phi) is 9.17. The first-order valence-electron chi connectivity index (χ1n) is 11.9.